The van der Waals surface area contributed by atoms with E-state index in [9.17, 15) is 18.0 Å². The number of anilines is 1. The minimum atomic E-state index is -4.37. The Morgan fingerprint density at radius 3 is 2.36 bits per heavy atom. The Morgan fingerprint density at radius 2 is 1.84 bits per heavy atom. The van der Waals surface area contributed by atoms with Crippen molar-refractivity contribution in [1.29, 1.82) is 0 Å². The van der Waals surface area contributed by atoms with E-state index in [-0.39, 0.29) is 11.9 Å². The molecule has 1 fully saturated rings. The second-order valence-corrected chi connectivity index (χ2v) is 6.61. The Labute approximate surface area is 146 Å². The maximum atomic E-state index is 12.6. The van der Waals surface area contributed by atoms with Crippen LogP contribution in [0.5, 0.6) is 0 Å². The Kier molecular flexibility index (Phi) is 6.84. The van der Waals surface area contributed by atoms with E-state index in [0.717, 1.165) is 51.0 Å². The predicted octanol–water partition coefficient (Wildman–Crippen LogP) is 3.35. The van der Waals surface area contributed by atoms with Crippen LogP contribution in [0.1, 0.15) is 31.7 Å². The fourth-order valence-corrected chi connectivity index (χ4v) is 3.13. The highest BCUT2D eigenvalue weighted by atomic mass is 19.4. The standard InChI is InChI=1S/C18H26F3N3O/c1-13(24-11-8-14(9-12-24)7-10-22-2)17(25)23-16-5-3-15(4-6-16)18(19,20)21/h3-6,13-14,22H,7-12H2,1-2H3,(H,23,25). The largest absolute Gasteiger partial charge is 0.416 e. The number of rotatable bonds is 6. The highest BCUT2D eigenvalue weighted by Gasteiger charge is 2.30. The van der Waals surface area contributed by atoms with Crippen LogP contribution in [0, 0.1) is 5.92 Å². The molecule has 25 heavy (non-hydrogen) atoms. The molecule has 1 atom stereocenters. The van der Waals surface area contributed by atoms with Crippen LogP contribution in [0.4, 0.5) is 18.9 Å². The van der Waals surface area contributed by atoms with Crippen molar-refractivity contribution in [2.75, 3.05) is 32.0 Å². The summed E-state index contributed by atoms with van der Waals surface area (Å²) in [5, 5.41) is 5.86. The van der Waals surface area contributed by atoms with Gasteiger partial charge in [-0.15, -0.1) is 0 Å². The molecule has 1 aliphatic rings. The lowest BCUT2D eigenvalue weighted by Gasteiger charge is -2.35. The number of hydrogen-bond acceptors (Lipinski definition) is 3. The fourth-order valence-electron chi connectivity index (χ4n) is 3.13. The zero-order chi connectivity index (χ0) is 18.4. The van der Waals surface area contributed by atoms with Crippen molar-refractivity contribution in [2.24, 2.45) is 5.92 Å². The highest BCUT2D eigenvalue weighted by Crippen LogP contribution is 2.30. The average Bonchev–Trinajstić information content (AvgIpc) is 2.59. The summed E-state index contributed by atoms with van der Waals surface area (Å²) in [6, 6.07) is 4.24. The average molecular weight is 357 g/mol. The van der Waals surface area contributed by atoms with Gasteiger partial charge in [0, 0.05) is 5.69 Å². The maximum absolute atomic E-state index is 12.6. The van der Waals surface area contributed by atoms with Gasteiger partial charge in [-0.2, -0.15) is 13.2 Å². The van der Waals surface area contributed by atoms with Crippen LogP contribution in [0.15, 0.2) is 24.3 Å². The summed E-state index contributed by atoms with van der Waals surface area (Å²) >= 11 is 0. The zero-order valence-electron chi connectivity index (χ0n) is 14.7. The second kappa shape index (κ2) is 8.67. The summed E-state index contributed by atoms with van der Waals surface area (Å²) < 4.78 is 37.7. The van der Waals surface area contributed by atoms with Gasteiger partial charge in [0.05, 0.1) is 11.6 Å². The molecule has 0 aromatic heterocycles. The van der Waals surface area contributed by atoms with Crippen LogP contribution in [-0.2, 0) is 11.0 Å². The number of hydrogen-bond donors (Lipinski definition) is 2. The summed E-state index contributed by atoms with van der Waals surface area (Å²) in [6.07, 6.45) is -1.08. The molecule has 0 radical (unpaired) electrons. The molecule has 1 amide bonds. The van der Waals surface area contributed by atoms with Gasteiger partial charge < -0.3 is 10.6 Å². The third-order valence-electron chi connectivity index (χ3n) is 4.86. The number of carbonyl (C=O) groups is 1. The molecule has 2 rings (SSSR count). The SMILES string of the molecule is CNCCC1CCN(C(C)C(=O)Nc2ccc(C(F)(F)F)cc2)CC1. The van der Waals surface area contributed by atoms with E-state index in [4.69, 9.17) is 0 Å². The summed E-state index contributed by atoms with van der Waals surface area (Å²) in [7, 11) is 1.95. The van der Waals surface area contributed by atoms with Crippen LogP contribution in [0.2, 0.25) is 0 Å². The Bertz CT molecular complexity index is 552. The zero-order valence-corrected chi connectivity index (χ0v) is 14.7. The van der Waals surface area contributed by atoms with Gasteiger partial charge in [-0.05, 0) is 83.1 Å². The molecule has 1 unspecified atom stereocenters. The molecule has 140 valence electrons. The van der Waals surface area contributed by atoms with Crippen LogP contribution in [0.25, 0.3) is 0 Å². The van der Waals surface area contributed by atoms with E-state index in [1.165, 1.54) is 12.1 Å². The molecule has 7 heteroatoms. The van der Waals surface area contributed by atoms with Crippen LogP contribution < -0.4 is 10.6 Å². The minimum Gasteiger partial charge on any atom is -0.325 e. The first kappa shape index (κ1) is 19.7. The van der Waals surface area contributed by atoms with E-state index >= 15 is 0 Å². The predicted molar refractivity (Wildman–Crippen MR) is 92.4 cm³/mol. The Hall–Kier alpha value is -1.60. The van der Waals surface area contributed by atoms with Crippen molar-refractivity contribution in [3.05, 3.63) is 29.8 Å². The number of carbonyl (C=O) groups excluding carboxylic acids is 1. The molecular formula is C18H26F3N3O. The van der Waals surface area contributed by atoms with Crippen LogP contribution in [0.3, 0.4) is 0 Å². The van der Waals surface area contributed by atoms with Crippen molar-refractivity contribution < 1.29 is 18.0 Å². The first-order chi connectivity index (χ1) is 11.8. The molecule has 0 saturated carbocycles. The molecule has 1 aromatic carbocycles. The highest BCUT2D eigenvalue weighted by molar-refractivity contribution is 5.94. The normalized spacial score (nSPS) is 18.1. The number of likely N-dealkylation sites (tertiary alicyclic amines) is 1. The third-order valence-corrected chi connectivity index (χ3v) is 4.86. The smallest absolute Gasteiger partial charge is 0.325 e. The lowest BCUT2D eigenvalue weighted by Crippen LogP contribution is -2.46. The number of piperidine rings is 1. The third kappa shape index (κ3) is 5.71. The molecule has 1 saturated heterocycles. The lowest BCUT2D eigenvalue weighted by atomic mass is 9.93. The molecule has 1 aliphatic heterocycles. The van der Waals surface area contributed by atoms with Crippen molar-refractivity contribution in [3.8, 4) is 0 Å². The quantitative estimate of drug-likeness (QED) is 0.821. The van der Waals surface area contributed by atoms with Gasteiger partial charge in [-0.25, -0.2) is 0 Å². The molecule has 2 N–H and O–H groups in total. The van der Waals surface area contributed by atoms with E-state index in [0.29, 0.717) is 11.6 Å². The van der Waals surface area contributed by atoms with Crippen molar-refractivity contribution in [1.82, 2.24) is 10.2 Å². The van der Waals surface area contributed by atoms with Crippen LogP contribution in [-0.4, -0.2) is 43.5 Å². The van der Waals surface area contributed by atoms with E-state index < -0.39 is 11.7 Å². The number of alkyl halides is 3. The van der Waals surface area contributed by atoms with Gasteiger partial charge in [0.25, 0.3) is 0 Å². The van der Waals surface area contributed by atoms with E-state index in [2.05, 4.69) is 15.5 Å². The van der Waals surface area contributed by atoms with Gasteiger partial charge in [0.1, 0.15) is 0 Å². The van der Waals surface area contributed by atoms with Crippen molar-refractivity contribution in [2.45, 2.75) is 38.4 Å². The number of nitrogens with one attached hydrogen (secondary N) is 2. The summed E-state index contributed by atoms with van der Waals surface area (Å²) in [5.74, 6) is 0.502. The van der Waals surface area contributed by atoms with Crippen LogP contribution >= 0.6 is 0 Å². The monoisotopic (exact) mass is 357 g/mol. The Morgan fingerprint density at radius 1 is 1.24 bits per heavy atom. The maximum Gasteiger partial charge on any atom is 0.416 e. The van der Waals surface area contributed by atoms with E-state index in [1.807, 2.05) is 14.0 Å². The molecular weight excluding hydrogens is 331 g/mol. The Balaban J connectivity index is 1.84. The number of benzene rings is 1. The molecule has 1 aromatic rings. The topological polar surface area (TPSA) is 44.4 Å². The number of nitrogens with zero attached hydrogens (tertiary/aromatic N) is 1. The summed E-state index contributed by atoms with van der Waals surface area (Å²) in [5.41, 5.74) is -0.337. The van der Waals surface area contributed by atoms with Gasteiger partial charge in [0.2, 0.25) is 5.91 Å². The van der Waals surface area contributed by atoms with Crippen molar-refractivity contribution >= 4 is 11.6 Å². The van der Waals surface area contributed by atoms with Crippen molar-refractivity contribution in [3.63, 3.8) is 0 Å². The minimum absolute atomic E-state index is 0.187. The summed E-state index contributed by atoms with van der Waals surface area (Å²) in [6.45, 7) is 4.59. The van der Waals surface area contributed by atoms with Gasteiger partial charge in [-0.1, -0.05) is 0 Å². The molecule has 4 nitrogen and oxygen atoms in total. The number of halogens is 3. The molecule has 1 heterocycles. The molecule has 0 bridgehead atoms. The summed E-state index contributed by atoms with van der Waals surface area (Å²) in [4.78, 5) is 14.5. The first-order valence-electron chi connectivity index (χ1n) is 8.68. The lowest BCUT2D eigenvalue weighted by molar-refractivity contribution is -0.137. The van der Waals surface area contributed by atoms with Gasteiger partial charge in [0.15, 0.2) is 0 Å². The first-order valence-corrected chi connectivity index (χ1v) is 8.68. The molecule has 0 spiro atoms. The number of amides is 1. The fraction of sp³-hybridized carbons (Fsp3) is 0.611. The second-order valence-electron chi connectivity index (χ2n) is 6.61. The van der Waals surface area contributed by atoms with Gasteiger partial charge >= 0.3 is 6.18 Å². The molecule has 0 aliphatic carbocycles. The van der Waals surface area contributed by atoms with Gasteiger partial charge in [-0.3, -0.25) is 9.69 Å². The van der Waals surface area contributed by atoms with E-state index in [1.54, 1.807) is 0 Å².